The van der Waals surface area contributed by atoms with E-state index in [0.29, 0.717) is 12.4 Å². The van der Waals surface area contributed by atoms with Gasteiger partial charge < -0.3 is 25.2 Å². The smallest absolute Gasteiger partial charge is 0.327 e. The minimum absolute atomic E-state index is 0.187. The number of unbranched alkanes of at least 4 members (excludes halogenated alkanes) is 9. The molecule has 0 unspecified atom stereocenters. The van der Waals surface area contributed by atoms with Crippen molar-refractivity contribution in [3.8, 4) is 17.2 Å². The summed E-state index contributed by atoms with van der Waals surface area (Å²) < 4.78 is 5.91. The van der Waals surface area contributed by atoms with Crippen LogP contribution in [0.15, 0.2) is 67.8 Å². The van der Waals surface area contributed by atoms with Gasteiger partial charge in [0.1, 0.15) is 5.75 Å². The Bertz CT molecular complexity index is 992. The highest BCUT2D eigenvalue weighted by Gasteiger charge is 2.24. The third-order valence-electron chi connectivity index (χ3n) is 6.38. The molecule has 2 aromatic carbocycles. The van der Waals surface area contributed by atoms with Crippen molar-refractivity contribution in [2.24, 2.45) is 0 Å². The Hall–Kier alpha value is -3.74. The Morgan fingerprint density at radius 2 is 1.18 bits per heavy atom. The summed E-state index contributed by atoms with van der Waals surface area (Å²) >= 11 is 0. The molecule has 4 N–H and O–H groups in total. The third-order valence-corrected chi connectivity index (χ3v) is 6.38. The molecule has 0 atom stereocenters. The topological polar surface area (TPSA) is 124 Å². The van der Waals surface area contributed by atoms with Gasteiger partial charge in [0.05, 0.1) is 6.61 Å². The predicted molar refractivity (Wildman–Crippen MR) is 161 cm³/mol. The summed E-state index contributed by atoms with van der Waals surface area (Å²) in [4.78, 5) is 18.5. The molecular formula is C33H48O7. The molecule has 0 radical (unpaired) electrons. The lowest BCUT2D eigenvalue weighted by atomic mass is 9.78. The van der Waals surface area contributed by atoms with E-state index in [-0.39, 0.29) is 16.9 Å². The molecule has 0 bridgehead atoms. The van der Waals surface area contributed by atoms with Crippen LogP contribution in [0.5, 0.6) is 17.2 Å². The third kappa shape index (κ3) is 16.3. The second kappa shape index (κ2) is 21.1. The quantitative estimate of drug-likeness (QED) is 0.121. The Morgan fingerprint density at radius 1 is 0.750 bits per heavy atom. The van der Waals surface area contributed by atoms with E-state index in [9.17, 15) is 19.8 Å². The molecule has 2 rings (SSSR count). The zero-order valence-electron chi connectivity index (χ0n) is 24.4. The van der Waals surface area contributed by atoms with Gasteiger partial charge in [0.25, 0.3) is 0 Å². The van der Waals surface area contributed by atoms with Crippen LogP contribution in [0.1, 0.15) is 96.1 Å². The van der Waals surface area contributed by atoms with Crippen LogP contribution in [-0.4, -0.2) is 39.0 Å². The number of hydrogen-bond acceptors (Lipinski definition) is 5. The summed E-state index contributed by atoms with van der Waals surface area (Å²) in [6.07, 6.45) is 14.6. The molecule has 0 saturated heterocycles. The first kappa shape index (κ1) is 36.3. The molecule has 0 aliphatic rings. The van der Waals surface area contributed by atoms with Crippen LogP contribution >= 0.6 is 0 Å². The number of phenols is 2. The second-order valence-electron chi connectivity index (χ2n) is 9.97. The summed E-state index contributed by atoms with van der Waals surface area (Å²) in [6.45, 7) is 13.1. The molecule has 7 nitrogen and oxygen atoms in total. The molecule has 0 spiro atoms. The van der Waals surface area contributed by atoms with Gasteiger partial charge in [-0.25, -0.2) is 9.59 Å². The fraction of sp³-hybridized carbons (Fsp3) is 0.455. The average molecular weight is 557 g/mol. The second-order valence-corrected chi connectivity index (χ2v) is 9.97. The Labute approximate surface area is 239 Å². The van der Waals surface area contributed by atoms with Gasteiger partial charge >= 0.3 is 11.9 Å². The van der Waals surface area contributed by atoms with Crippen molar-refractivity contribution in [1.29, 1.82) is 0 Å². The molecule has 0 amide bonds. The molecule has 222 valence electrons. The van der Waals surface area contributed by atoms with Gasteiger partial charge in [0.2, 0.25) is 0 Å². The van der Waals surface area contributed by atoms with Crippen molar-refractivity contribution in [3.05, 3.63) is 78.9 Å². The van der Waals surface area contributed by atoms with Gasteiger partial charge in [-0.3, -0.25) is 0 Å². The Morgan fingerprint density at radius 3 is 1.62 bits per heavy atom. The van der Waals surface area contributed by atoms with Gasteiger partial charge in [0, 0.05) is 17.6 Å². The van der Waals surface area contributed by atoms with E-state index in [4.69, 9.17) is 14.9 Å². The largest absolute Gasteiger partial charge is 0.508 e. The number of ether oxygens (including phenoxy) is 1. The first-order valence-electron chi connectivity index (χ1n) is 14.0. The van der Waals surface area contributed by atoms with Crippen LogP contribution in [-0.2, 0) is 15.0 Å². The zero-order chi connectivity index (χ0) is 30.4. The van der Waals surface area contributed by atoms with Crippen LogP contribution in [0.4, 0.5) is 0 Å². The maximum Gasteiger partial charge on any atom is 0.327 e. The van der Waals surface area contributed by atoms with Crippen LogP contribution in [0.2, 0.25) is 0 Å². The minimum Gasteiger partial charge on any atom is -0.508 e. The number of aromatic hydroxyl groups is 2. The Balaban J connectivity index is 0.00000130. The summed E-state index contributed by atoms with van der Waals surface area (Å²) in [7, 11) is 0. The van der Waals surface area contributed by atoms with Crippen molar-refractivity contribution >= 4 is 11.9 Å². The maximum atomic E-state index is 10.2. The van der Waals surface area contributed by atoms with E-state index in [2.05, 4.69) is 33.9 Å². The van der Waals surface area contributed by atoms with Crippen molar-refractivity contribution in [1.82, 2.24) is 0 Å². The predicted octanol–water partition coefficient (Wildman–Crippen LogP) is 8.24. The van der Waals surface area contributed by atoms with E-state index >= 15 is 0 Å². The monoisotopic (exact) mass is 556 g/mol. The Kier molecular flexibility index (Phi) is 19.2. The first-order chi connectivity index (χ1) is 19.0. The number of carboxylic acids is 2. The maximum absolute atomic E-state index is 10.2. The number of carbonyl (C=O) groups is 2. The highest BCUT2D eigenvalue weighted by Crippen LogP contribution is 2.37. The van der Waals surface area contributed by atoms with E-state index in [0.717, 1.165) is 29.7 Å². The molecule has 0 saturated carbocycles. The fourth-order valence-electron chi connectivity index (χ4n) is 3.83. The van der Waals surface area contributed by atoms with E-state index in [1.54, 1.807) is 18.2 Å². The van der Waals surface area contributed by atoms with Crippen molar-refractivity contribution < 1.29 is 34.8 Å². The molecule has 7 heteroatoms. The number of benzene rings is 2. The summed E-state index contributed by atoms with van der Waals surface area (Å²) in [5.41, 5.74) is 1.92. The molecule has 0 aliphatic carbocycles. The lowest BCUT2D eigenvalue weighted by Gasteiger charge is -2.27. The zero-order valence-corrected chi connectivity index (χ0v) is 24.4. The van der Waals surface area contributed by atoms with Gasteiger partial charge in [-0.05, 0) is 41.8 Å². The highest BCUT2D eigenvalue weighted by molar-refractivity contribution is 5.79. The minimum atomic E-state index is -0.981. The van der Waals surface area contributed by atoms with Gasteiger partial charge in [-0.1, -0.05) is 110 Å². The van der Waals surface area contributed by atoms with E-state index in [1.165, 1.54) is 57.8 Å². The number of rotatable bonds is 16. The van der Waals surface area contributed by atoms with Crippen LogP contribution < -0.4 is 4.74 Å². The molecule has 0 aromatic heterocycles. The first-order valence-corrected chi connectivity index (χ1v) is 14.0. The summed E-state index contributed by atoms with van der Waals surface area (Å²) in [5.74, 6) is -0.960. The van der Waals surface area contributed by atoms with Gasteiger partial charge in [-0.15, -0.1) is 0 Å². The molecule has 0 aliphatic heterocycles. The summed E-state index contributed by atoms with van der Waals surface area (Å²) in [6, 6.07) is 12.9. The number of hydrogen-bond donors (Lipinski definition) is 4. The molecule has 0 heterocycles. The number of aliphatic carboxylic acids is 2. The van der Waals surface area contributed by atoms with Crippen LogP contribution in [0, 0.1) is 0 Å². The van der Waals surface area contributed by atoms with E-state index in [1.807, 2.05) is 24.3 Å². The van der Waals surface area contributed by atoms with E-state index < -0.39 is 11.9 Å². The van der Waals surface area contributed by atoms with Crippen molar-refractivity contribution in [2.75, 3.05) is 6.61 Å². The number of carboxylic acid groups (broad SMARTS) is 2. The lowest BCUT2D eigenvalue weighted by Crippen LogP contribution is -2.18. The van der Waals surface area contributed by atoms with Crippen molar-refractivity contribution in [3.63, 3.8) is 0 Å². The molecule has 40 heavy (non-hydrogen) atoms. The standard InChI is InChI=1S/C27H40O3.2C3H4O2/c1-4-5-6-7-8-9-10-11-12-13-20-30-26-21-23(16-19-25(26)29)27(2,3)22-14-17-24(28)18-15-22;2*1-2-3(4)5/h14-19,21,28-29H,4-13,20H2,1-3H3;2*2H,1H2,(H,4,5). The van der Waals surface area contributed by atoms with Crippen molar-refractivity contribution in [2.45, 2.75) is 90.4 Å². The van der Waals surface area contributed by atoms with Crippen LogP contribution in [0.3, 0.4) is 0 Å². The molecular weight excluding hydrogens is 508 g/mol. The van der Waals surface area contributed by atoms with Gasteiger partial charge in [-0.2, -0.15) is 0 Å². The van der Waals surface area contributed by atoms with Gasteiger partial charge in [0.15, 0.2) is 11.5 Å². The normalized spacial score (nSPS) is 10.3. The lowest BCUT2D eigenvalue weighted by molar-refractivity contribution is -0.132. The summed E-state index contributed by atoms with van der Waals surface area (Å²) in [5, 5.41) is 35.0. The van der Waals surface area contributed by atoms with Crippen LogP contribution in [0.25, 0.3) is 0 Å². The molecule has 2 aromatic rings. The number of phenolic OH excluding ortho intramolecular Hbond substituents is 2. The fourth-order valence-corrected chi connectivity index (χ4v) is 3.83. The molecule has 0 fully saturated rings. The average Bonchev–Trinajstić information content (AvgIpc) is 2.93. The highest BCUT2D eigenvalue weighted by atomic mass is 16.5. The SMILES string of the molecule is C=CC(=O)O.C=CC(=O)O.CCCCCCCCCCCCOc1cc(C(C)(C)c2ccc(O)cc2)ccc1O.